The van der Waals surface area contributed by atoms with Crippen molar-refractivity contribution in [2.24, 2.45) is 4.99 Å². The second kappa shape index (κ2) is 13.3. The highest BCUT2D eigenvalue weighted by Crippen LogP contribution is 2.19. The van der Waals surface area contributed by atoms with E-state index in [1.54, 1.807) is 7.11 Å². The van der Waals surface area contributed by atoms with Crippen molar-refractivity contribution in [3.63, 3.8) is 0 Å². The third-order valence-corrected chi connectivity index (χ3v) is 3.05. The van der Waals surface area contributed by atoms with Crippen LogP contribution in [0.15, 0.2) is 29.3 Å². The van der Waals surface area contributed by atoms with Gasteiger partial charge in [0.2, 0.25) is 0 Å². The van der Waals surface area contributed by atoms with Gasteiger partial charge in [-0.25, -0.2) is 4.99 Å². The minimum atomic E-state index is -0.00580. The topological polar surface area (TPSA) is 54.9 Å². The quantitative estimate of drug-likeness (QED) is 0.270. The average Bonchev–Trinajstić information content (AvgIpc) is 2.53. The molecule has 1 aromatic carbocycles. The van der Waals surface area contributed by atoms with Crippen LogP contribution in [0.4, 0.5) is 0 Å². The van der Waals surface area contributed by atoms with Gasteiger partial charge in [0.05, 0.1) is 13.7 Å². The van der Waals surface area contributed by atoms with Crippen molar-refractivity contribution in [1.82, 2.24) is 10.6 Å². The number of methoxy groups -OCH3 is 1. The molecule has 0 saturated heterocycles. The number of halogens is 1. The van der Waals surface area contributed by atoms with E-state index in [2.05, 4.69) is 29.5 Å². The van der Waals surface area contributed by atoms with Crippen LogP contribution in [0.3, 0.4) is 0 Å². The highest BCUT2D eigenvalue weighted by Gasteiger charge is 2.05. The molecule has 0 bridgehead atoms. The Labute approximate surface area is 157 Å². The fourth-order valence-electron chi connectivity index (χ4n) is 1.89. The van der Waals surface area contributed by atoms with Gasteiger partial charge in [0.15, 0.2) is 5.96 Å². The molecule has 0 aliphatic carbocycles. The highest BCUT2D eigenvalue weighted by atomic mass is 127. The molecule has 1 unspecified atom stereocenters. The standard InChI is InChI=1S/C17H29N3O2.HI/c1-5-7-11-19-17(18-6-2)20-13-14(3)22-16-10-8-9-15(12-16)21-4;/h8-10,12,14H,5-7,11,13H2,1-4H3,(H2,18,19,20);1H. The molecule has 23 heavy (non-hydrogen) atoms. The van der Waals surface area contributed by atoms with Gasteiger partial charge in [-0.05, 0) is 32.4 Å². The number of nitrogens with one attached hydrogen (secondary N) is 2. The zero-order chi connectivity index (χ0) is 16.2. The summed E-state index contributed by atoms with van der Waals surface area (Å²) in [5.74, 6) is 2.44. The van der Waals surface area contributed by atoms with Crippen LogP contribution in [0.25, 0.3) is 0 Å². The van der Waals surface area contributed by atoms with Crippen LogP contribution in [0.2, 0.25) is 0 Å². The lowest BCUT2D eigenvalue weighted by molar-refractivity contribution is 0.229. The minimum absolute atomic E-state index is 0. The molecule has 1 rings (SSSR count). The van der Waals surface area contributed by atoms with Crippen LogP contribution < -0.4 is 20.1 Å². The molecule has 0 fully saturated rings. The smallest absolute Gasteiger partial charge is 0.191 e. The molecule has 6 heteroatoms. The first-order chi connectivity index (χ1) is 10.7. The molecule has 0 aliphatic rings. The number of guanidine groups is 1. The fourth-order valence-corrected chi connectivity index (χ4v) is 1.89. The summed E-state index contributed by atoms with van der Waals surface area (Å²) >= 11 is 0. The summed E-state index contributed by atoms with van der Waals surface area (Å²) < 4.78 is 11.1. The lowest BCUT2D eigenvalue weighted by atomic mass is 10.3. The summed E-state index contributed by atoms with van der Waals surface area (Å²) in [4.78, 5) is 4.56. The molecule has 132 valence electrons. The van der Waals surface area contributed by atoms with E-state index in [4.69, 9.17) is 9.47 Å². The zero-order valence-electron chi connectivity index (χ0n) is 14.6. The molecule has 0 radical (unpaired) electrons. The number of unbranched alkanes of at least 4 members (excludes halogenated alkanes) is 1. The minimum Gasteiger partial charge on any atom is -0.497 e. The molecule has 0 aromatic heterocycles. The number of nitrogens with zero attached hydrogens (tertiary/aromatic N) is 1. The van der Waals surface area contributed by atoms with Crippen LogP contribution in [0.5, 0.6) is 11.5 Å². The fraction of sp³-hybridized carbons (Fsp3) is 0.588. The largest absolute Gasteiger partial charge is 0.497 e. The maximum absolute atomic E-state index is 5.87. The van der Waals surface area contributed by atoms with Crippen LogP contribution in [0.1, 0.15) is 33.6 Å². The van der Waals surface area contributed by atoms with E-state index in [0.717, 1.165) is 37.0 Å². The molecule has 1 atom stereocenters. The SMILES string of the molecule is CCCCNC(=NCC(C)Oc1cccc(OC)c1)NCC.I. The Balaban J connectivity index is 0.00000484. The van der Waals surface area contributed by atoms with Crippen molar-refractivity contribution < 1.29 is 9.47 Å². The van der Waals surface area contributed by atoms with Gasteiger partial charge in [0.25, 0.3) is 0 Å². The van der Waals surface area contributed by atoms with Crippen molar-refractivity contribution in [2.45, 2.75) is 39.7 Å². The molecule has 0 saturated carbocycles. The van der Waals surface area contributed by atoms with Crippen molar-refractivity contribution >= 4 is 29.9 Å². The van der Waals surface area contributed by atoms with Gasteiger partial charge < -0.3 is 20.1 Å². The van der Waals surface area contributed by atoms with Gasteiger partial charge >= 0.3 is 0 Å². The van der Waals surface area contributed by atoms with Crippen LogP contribution in [-0.4, -0.2) is 38.8 Å². The number of aliphatic imine (C=N–C) groups is 1. The number of rotatable bonds is 9. The lowest BCUT2D eigenvalue weighted by Gasteiger charge is -2.15. The zero-order valence-corrected chi connectivity index (χ0v) is 16.9. The van der Waals surface area contributed by atoms with Crippen LogP contribution in [-0.2, 0) is 0 Å². The van der Waals surface area contributed by atoms with E-state index in [1.165, 1.54) is 6.42 Å². The molecule has 1 aromatic rings. The molecular weight excluding hydrogens is 405 g/mol. The number of benzene rings is 1. The van der Waals surface area contributed by atoms with Gasteiger partial charge in [-0.15, -0.1) is 24.0 Å². The van der Waals surface area contributed by atoms with E-state index >= 15 is 0 Å². The molecule has 0 heterocycles. The highest BCUT2D eigenvalue weighted by molar-refractivity contribution is 14.0. The second-order valence-electron chi connectivity index (χ2n) is 5.11. The molecule has 0 spiro atoms. The third kappa shape index (κ3) is 9.53. The Bertz CT molecular complexity index is 455. The Morgan fingerprint density at radius 1 is 1.22 bits per heavy atom. The number of hydrogen-bond acceptors (Lipinski definition) is 3. The van der Waals surface area contributed by atoms with Gasteiger partial charge in [-0.3, -0.25) is 0 Å². The monoisotopic (exact) mass is 435 g/mol. The van der Waals surface area contributed by atoms with Crippen molar-refractivity contribution in [1.29, 1.82) is 0 Å². The van der Waals surface area contributed by atoms with Gasteiger partial charge in [-0.1, -0.05) is 19.4 Å². The van der Waals surface area contributed by atoms with E-state index in [1.807, 2.05) is 31.2 Å². The molecule has 0 amide bonds. The Morgan fingerprint density at radius 2 is 1.96 bits per heavy atom. The Morgan fingerprint density at radius 3 is 2.61 bits per heavy atom. The van der Waals surface area contributed by atoms with Crippen LogP contribution >= 0.6 is 24.0 Å². The number of hydrogen-bond donors (Lipinski definition) is 2. The summed E-state index contributed by atoms with van der Waals surface area (Å²) in [7, 11) is 1.65. The summed E-state index contributed by atoms with van der Waals surface area (Å²) in [5, 5.41) is 6.56. The van der Waals surface area contributed by atoms with Gasteiger partial charge in [0, 0.05) is 19.2 Å². The van der Waals surface area contributed by atoms with Gasteiger partial charge in [0.1, 0.15) is 17.6 Å². The second-order valence-corrected chi connectivity index (χ2v) is 5.11. The summed E-state index contributed by atoms with van der Waals surface area (Å²) in [6.07, 6.45) is 2.30. The maximum Gasteiger partial charge on any atom is 0.191 e. The Kier molecular flexibility index (Phi) is 12.6. The predicted molar refractivity (Wildman–Crippen MR) is 107 cm³/mol. The predicted octanol–water partition coefficient (Wildman–Crippen LogP) is 3.44. The normalized spacial score (nSPS) is 12.1. The molecule has 2 N–H and O–H groups in total. The van der Waals surface area contributed by atoms with E-state index < -0.39 is 0 Å². The molecule has 0 aliphatic heterocycles. The van der Waals surface area contributed by atoms with Crippen molar-refractivity contribution in [3.8, 4) is 11.5 Å². The van der Waals surface area contributed by atoms with Crippen LogP contribution in [0, 0.1) is 0 Å². The first-order valence-corrected chi connectivity index (χ1v) is 8.02. The molecule has 5 nitrogen and oxygen atoms in total. The first kappa shape index (κ1) is 21.8. The Hall–Kier alpha value is -1.18. The first-order valence-electron chi connectivity index (χ1n) is 8.02. The number of ether oxygens (including phenoxy) is 2. The summed E-state index contributed by atoms with van der Waals surface area (Å²) in [6.45, 7) is 8.64. The van der Waals surface area contributed by atoms with E-state index in [9.17, 15) is 0 Å². The van der Waals surface area contributed by atoms with Gasteiger partial charge in [-0.2, -0.15) is 0 Å². The van der Waals surface area contributed by atoms with E-state index in [-0.39, 0.29) is 30.1 Å². The van der Waals surface area contributed by atoms with Crippen molar-refractivity contribution in [2.75, 3.05) is 26.7 Å². The maximum atomic E-state index is 5.87. The van der Waals surface area contributed by atoms with E-state index in [0.29, 0.717) is 6.54 Å². The van der Waals surface area contributed by atoms with Crippen molar-refractivity contribution in [3.05, 3.63) is 24.3 Å². The summed E-state index contributed by atoms with van der Waals surface area (Å²) in [5.41, 5.74) is 0. The molecular formula is C17H30IN3O2. The average molecular weight is 435 g/mol. The summed E-state index contributed by atoms with van der Waals surface area (Å²) in [6, 6.07) is 7.62. The third-order valence-electron chi connectivity index (χ3n) is 3.05. The lowest BCUT2D eigenvalue weighted by Crippen LogP contribution is -2.38.